The van der Waals surface area contributed by atoms with Gasteiger partial charge in [0.15, 0.2) is 0 Å². The first kappa shape index (κ1) is 29.4. The largest absolute Gasteiger partial charge is 0.437 e. The van der Waals surface area contributed by atoms with Crippen LogP contribution in [0.4, 0.5) is 0 Å². The predicted octanol–water partition coefficient (Wildman–Crippen LogP) is 7.35. The Morgan fingerprint density at radius 2 is 0.636 bits per heavy atom. The molecule has 0 spiro atoms. The molecule has 0 aliphatic heterocycles. The van der Waals surface area contributed by atoms with Crippen LogP contribution in [0.5, 0.6) is 11.5 Å². The number of rotatable bonds is 10. The summed E-state index contributed by atoms with van der Waals surface area (Å²) in [5.74, 6) is 0.969. The van der Waals surface area contributed by atoms with Crippen LogP contribution < -0.4 is 36.0 Å². The highest BCUT2D eigenvalue weighted by atomic mass is 31.2. The van der Waals surface area contributed by atoms with Crippen LogP contribution in [0.3, 0.4) is 0 Å². The summed E-state index contributed by atoms with van der Waals surface area (Å²) in [6.45, 7) is 0. The Hall–Kier alpha value is -4.66. The fraction of sp³-hybridized carbons (Fsp3) is 0.0270. The second-order valence-corrected chi connectivity index (χ2v) is 14.9. The van der Waals surface area contributed by atoms with Crippen molar-refractivity contribution < 1.29 is 18.2 Å². The Morgan fingerprint density at radius 1 is 0.386 bits per heavy atom. The van der Waals surface area contributed by atoms with Gasteiger partial charge in [-0.3, -0.25) is 9.13 Å². The van der Waals surface area contributed by atoms with Gasteiger partial charge >= 0.3 is 14.7 Å². The van der Waals surface area contributed by atoms with Crippen molar-refractivity contribution in [1.29, 1.82) is 0 Å². The van der Waals surface area contributed by atoms with Crippen LogP contribution in [0.25, 0.3) is 0 Å². The fourth-order valence-electron chi connectivity index (χ4n) is 4.97. The normalized spacial score (nSPS) is 11.7. The van der Waals surface area contributed by atoms with Gasteiger partial charge < -0.3 is 14.8 Å². The van der Waals surface area contributed by atoms with Crippen molar-refractivity contribution in [3.05, 3.63) is 181 Å². The second-order valence-electron chi connectivity index (χ2n) is 10.2. The summed E-state index contributed by atoms with van der Waals surface area (Å²) in [7, 11) is -6.76. The lowest BCUT2D eigenvalue weighted by Crippen LogP contribution is -2.20. The third-order valence-corrected chi connectivity index (χ3v) is 12.2. The average Bonchev–Trinajstić information content (AvgIpc) is 3.10. The van der Waals surface area contributed by atoms with Crippen molar-refractivity contribution in [3.8, 4) is 11.5 Å². The molecule has 0 fully saturated rings. The molecule has 2 N–H and O–H groups in total. The Labute approximate surface area is 257 Å². The molecule has 0 saturated heterocycles. The fourth-order valence-corrected chi connectivity index (χ4v) is 9.08. The van der Waals surface area contributed by atoms with Gasteiger partial charge in [-0.15, -0.1) is 0 Å². The van der Waals surface area contributed by atoms with Crippen LogP contribution >= 0.6 is 14.7 Å². The zero-order valence-electron chi connectivity index (χ0n) is 23.8. The van der Waals surface area contributed by atoms with Gasteiger partial charge in [-0.2, -0.15) is 0 Å². The molecule has 0 radical (unpaired) electrons. The van der Waals surface area contributed by atoms with E-state index in [0.717, 1.165) is 11.1 Å². The van der Waals surface area contributed by atoms with Crippen LogP contribution in [0.1, 0.15) is 17.2 Å². The Morgan fingerprint density at radius 3 is 0.886 bits per heavy atom. The van der Waals surface area contributed by atoms with Crippen LogP contribution in [0.15, 0.2) is 170 Å². The summed E-state index contributed by atoms with van der Waals surface area (Å²) in [6, 6.07) is 51.2. The minimum atomic E-state index is -3.38. The van der Waals surface area contributed by atoms with Gasteiger partial charge in [-0.1, -0.05) is 97.1 Å². The van der Waals surface area contributed by atoms with Gasteiger partial charge in [-0.25, -0.2) is 0 Å². The molecule has 0 unspecified atom stereocenters. The summed E-state index contributed by atoms with van der Waals surface area (Å²) >= 11 is 0. The smallest absolute Gasteiger partial charge is 0.306 e. The van der Waals surface area contributed by atoms with Gasteiger partial charge in [0.2, 0.25) is 0 Å². The van der Waals surface area contributed by atoms with E-state index in [1.165, 1.54) is 0 Å². The quantitative estimate of drug-likeness (QED) is 0.163. The Bertz CT molecular complexity index is 1670. The van der Waals surface area contributed by atoms with Crippen molar-refractivity contribution in [3.63, 3.8) is 0 Å². The molecule has 0 amide bonds. The molecule has 7 heteroatoms. The van der Waals surface area contributed by atoms with E-state index in [0.29, 0.717) is 32.7 Å². The highest BCUT2D eigenvalue weighted by Gasteiger charge is 2.31. The summed E-state index contributed by atoms with van der Waals surface area (Å²) in [5.41, 5.74) is 8.37. The van der Waals surface area contributed by atoms with E-state index in [1.807, 2.05) is 146 Å². The third-order valence-electron chi connectivity index (χ3n) is 7.33. The summed E-state index contributed by atoms with van der Waals surface area (Å²) in [5, 5.41) is 2.49. The molecule has 6 aromatic rings. The molecule has 0 saturated carbocycles. The Kier molecular flexibility index (Phi) is 8.63. The maximum absolute atomic E-state index is 14.3. The molecule has 218 valence electrons. The highest BCUT2D eigenvalue weighted by Crippen LogP contribution is 2.46. The van der Waals surface area contributed by atoms with Gasteiger partial charge in [0.1, 0.15) is 11.5 Å². The van der Waals surface area contributed by atoms with Crippen molar-refractivity contribution in [2.75, 3.05) is 0 Å². The maximum Gasteiger partial charge on any atom is 0.306 e. The van der Waals surface area contributed by atoms with E-state index >= 15 is 0 Å². The van der Waals surface area contributed by atoms with E-state index in [2.05, 4.69) is 0 Å². The molecule has 0 aromatic heterocycles. The van der Waals surface area contributed by atoms with Crippen LogP contribution in [-0.4, -0.2) is 0 Å². The van der Waals surface area contributed by atoms with E-state index < -0.39 is 20.8 Å². The SMILES string of the molecule is NC(c1ccc(OP(=O)(c2ccccc2)c2ccccc2)cc1)c1ccc(OP(=O)(c2ccccc2)c2ccccc2)cc1. The molecule has 0 bridgehead atoms. The monoisotopic (exact) mass is 615 g/mol. The number of hydrogen-bond donors (Lipinski definition) is 1. The third kappa shape index (κ3) is 6.18. The molecule has 0 atom stereocenters. The van der Waals surface area contributed by atoms with Crippen molar-refractivity contribution in [2.45, 2.75) is 6.04 Å². The molecule has 6 aromatic carbocycles. The standard InChI is InChI=1S/C37H31NO4P2/c38-37(29-21-25-31(26-22-29)41-43(39,33-13-5-1-6-14-33)34-15-7-2-8-16-34)30-23-27-32(28-24-30)42-44(40,35-17-9-3-10-18-35)36-19-11-4-12-20-36/h1-28,37H,38H2. The van der Waals surface area contributed by atoms with Crippen LogP contribution in [0, 0.1) is 0 Å². The van der Waals surface area contributed by atoms with Crippen LogP contribution in [0.2, 0.25) is 0 Å². The van der Waals surface area contributed by atoms with E-state index in [4.69, 9.17) is 14.8 Å². The molecule has 44 heavy (non-hydrogen) atoms. The molecule has 0 aliphatic carbocycles. The van der Waals surface area contributed by atoms with Gasteiger partial charge in [0.25, 0.3) is 0 Å². The molecular formula is C37H31NO4P2. The summed E-state index contributed by atoms with van der Waals surface area (Å²) in [6.07, 6.45) is 0. The first-order valence-electron chi connectivity index (χ1n) is 14.2. The molecular weight excluding hydrogens is 584 g/mol. The predicted molar refractivity (Wildman–Crippen MR) is 180 cm³/mol. The van der Waals surface area contributed by atoms with Crippen molar-refractivity contribution in [1.82, 2.24) is 0 Å². The van der Waals surface area contributed by atoms with Crippen LogP contribution in [-0.2, 0) is 9.13 Å². The van der Waals surface area contributed by atoms with Gasteiger partial charge in [0, 0.05) is 0 Å². The van der Waals surface area contributed by atoms with E-state index in [-0.39, 0.29) is 0 Å². The zero-order valence-corrected chi connectivity index (χ0v) is 25.6. The molecule has 6 rings (SSSR count). The lowest BCUT2D eigenvalue weighted by molar-refractivity contribution is 0.501. The maximum atomic E-state index is 14.3. The highest BCUT2D eigenvalue weighted by molar-refractivity contribution is 7.75. The first-order valence-corrected chi connectivity index (χ1v) is 17.5. The lowest BCUT2D eigenvalue weighted by atomic mass is 9.99. The second kappa shape index (κ2) is 12.9. The average molecular weight is 616 g/mol. The molecule has 0 heterocycles. The summed E-state index contributed by atoms with van der Waals surface area (Å²) in [4.78, 5) is 0. The van der Waals surface area contributed by atoms with Crippen molar-refractivity contribution >= 4 is 36.0 Å². The van der Waals surface area contributed by atoms with Gasteiger partial charge in [-0.05, 0) is 83.9 Å². The number of nitrogens with two attached hydrogens (primary N) is 1. The minimum absolute atomic E-state index is 0.428. The van der Waals surface area contributed by atoms with E-state index in [1.54, 1.807) is 24.3 Å². The molecule has 0 aliphatic rings. The number of benzene rings is 6. The topological polar surface area (TPSA) is 78.6 Å². The van der Waals surface area contributed by atoms with Gasteiger partial charge in [0.05, 0.1) is 27.3 Å². The Balaban J connectivity index is 1.21. The zero-order chi connectivity index (χ0) is 30.4. The summed E-state index contributed by atoms with van der Waals surface area (Å²) < 4.78 is 41.0. The van der Waals surface area contributed by atoms with Crippen molar-refractivity contribution in [2.24, 2.45) is 5.73 Å². The van der Waals surface area contributed by atoms with E-state index in [9.17, 15) is 9.13 Å². The minimum Gasteiger partial charge on any atom is -0.437 e. The lowest BCUT2D eigenvalue weighted by Gasteiger charge is -2.21. The first-order chi connectivity index (χ1) is 21.5. The number of hydrogen-bond acceptors (Lipinski definition) is 5. The molecule has 5 nitrogen and oxygen atoms in total.